The second kappa shape index (κ2) is 7.79. The number of aliphatic carboxylic acids is 1. The number of benzene rings is 1. The molecule has 0 radical (unpaired) electrons. The van der Waals surface area contributed by atoms with E-state index in [0.717, 1.165) is 12.0 Å². The zero-order valence-corrected chi connectivity index (χ0v) is 10.4. The van der Waals surface area contributed by atoms with Gasteiger partial charge in [-0.15, -0.1) is 0 Å². The third-order valence-electron chi connectivity index (χ3n) is 2.57. The van der Waals surface area contributed by atoms with Gasteiger partial charge in [-0.3, -0.25) is 4.79 Å². The molecule has 0 saturated heterocycles. The van der Waals surface area contributed by atoms with Gasteiger partial charge < -0.3 is 15.2 Å². The highest BCUT2D eigenvalue weighted by atomic mass is 19.1. The SMILES string of the molecule is COCCCN[C@H](CC(=O)O)c1ccc(F)cc1. The lowest BCUT2D eigenvalue weighted by molar-refractivity contribution is -0.137. The fourth-order valence-corrected chi connectivity index (χ4v) is 1.67. The summed E-state index contributed by atoms with van der Waals surface area (Å²) in [5.74, 6) is -1.21. The number of carboxylic acids is 1. The number of ether oxygens (including phenoxy) is 1. The molecule has 0 aliphatic rings. The molecule has 4 nitrogen and oxygen atoms in total. The summed E-state index contributed by atoms with van der Waals surface area (Å²) in [6.45, 7) is 1.28. The summed E-state index contributed by atoms with van der Waals surface area (Å²) in [6.07, 6.45) is 0.770. The van der Waals surface area contributed by atoms with Gasteiger partial charge in [0, 0.05) is 19.8 Å². The molecule has 18 heavy (non-hydrogen) atoms. The highest BCUT2D eigenvalue weighted by Gasteiger charge is 2.14. The van der Waals surface area contributed by atoms with Gasteiger partial charge in [0.2, 0.25) is 0 Å². The first kappa shape index (κ1) is 14.6. The van der Waals surface area contributed by atoms with Gasteiger partial charge in [-0.1, -0.05) is 12.1 Å². The molecule has 100 valence electrons. The summed E-state index contributed by atoms with van der Waals surface area (Å²) in [7, 11) is 1.62. The van der Waals surface area contributed by atoms with E-state index in [4.69, 9.17) is 9.84 Å². The van der Waals surface area contributed by atoms with Crippen molar-refractivity contribution in [1.29, 1.82) is 0 Å². The number of hydrogen-bond acceptors (Lipinski definition) is 3. The van der Waals surface area contributed by atoms with Gasteiger partial charge in [0.05, 0.1) is 6.42 Å². The van der Waals surface area contributed by atoms with Crippen LogP contribution < -0.4 is 5.32 Å². The maximum absolute atomic E-state index is 12.8. The maximum Gasteiger partial charge on any atom is 0.305 e. The number of hydrogen-bond donors (Lipinski definition) is 2. The lowest BCUT2D eigenvalue weighted by Crippen LogP contribution is -2.25. The minimum absolute atomic E-state index is 0.0292. The second-order valence-corrected chi connectivity index (χ2v) is 4.00. The predicted molar refractivity (Wildman–Crippen MR) is 65.9 cm³/mol. The zero-order valence-electron chi connectivity index (χ0n) is 10.4. The van der Waals surface area contributed by atoms with Gasteiger partial charge >= 0.3 is 5.97 Å². The van der Waals surface area contributed by atoms with E-state index in [1.54, 1.807) is 19.2 Å². The van der Waals surface area contributed by atoms with E-state index >= 15 is 0 Å². The Morgan fingerprint density at radius 2 is 2.11 bits per heavy atom. The summed E-state index contributed by atoms with van der Waals surface area (Å²) in [5, 5.41) is 12.0. The quantitative estimate of drug-likeness (QED) is 0.697. The van der Waals surface area contributed by atoms with Crippen LogP contribution in [-0.4, -0.2) is 31.3 Å². The molecule has 0 saturated carbocycles. The number of halogens is 1. The Bertz CT molecular complexity index is 367. The highest BCUT2D eigenvalue weighted by Crippen LogP contribution is 2.17. The maximum atomic E-state index is 12.8. The lowest BCUT2D eigenvalue weighted by Gasteiger charge is -2.17. The van der Waals surface area contributed by atoms with Crippen molar-refractivity contribution in [2.45, 2.75) is 18.9 Å². The van der Waals surface area contributed by atoms with Crippen LogP contribution in [0.3, 0.4) is 0 Å². The molecule has 1 atom stereocenters. The molecule has 1 aromatic carbocycles. The molecular weight excluding hydrogens is 237 g/mol. The van der Waals surface area contributed by atoms with E-state index in [2.05, 4.69) is 5.32 Å². The summed E-state index contributed by atoms with van der Waals surface area (Å²) >= 11 is 0. The van der Waals surface area contributed by atoms with Crippen LogP contribution in [0.15, 0.2) is 24.3 Å². The Morgan fingerprint density at radius 1 is 1.44 bits per heavy atom. The van der Waals surface area contributed by atoms with Crippen molar-refractivity contribution in [3.8, 4) is 0 Å². The van der Waals surface area contributed by atoms with Crippen LogP contribution in [-0.2, 0) is 9.53 Å². The first-order valence-corrected chi connectivity index (χ1v) is 5.83. The standard InChI is InChI=1S/C13H18FNO3/c1-18-8-2-7-15-12(9-13(16)17)10-3-5-11(14)6-4-10/h3-6,12,15H,2,7-9H2,1H3,(H,16,17)/t12-/m1/s1. The number of carboxylic acid groups (broad SMARTS) is 1. The summed E-state index contributed by atoms with van der Waals surface area (Å²) in [6, 6.07) is 5.57. The summed E-state index contributed by atoms with van der Waals surface area (Å²) < 4.78 is 17.7. The molecule has 0 aromatic heterocycles. The van der Waals surface area contributed by atoms with Crippen molar-refractivity contribution in [2.24, 2.45) is 0 Å². The lowest BCUT2D eigenvalue weighted by atomic mass is 10.0. The second-order valence-electron chi connectivity index (χ2n) is 4.00. The van der Waals surface area contributed by atoms with Gasteiger partial charge in [0.15, 0.2) is 0 Å². The van der Waals surface area contributed by atoms with Crippen LogP contribution in [0.4, 0.5) is 4.39 Å². The first-order valence-electron chi connectivity index (χ1n) is 5.83. The number of carbonyl (C=O) groups is 1. The van der Waals surface area contributed by atoms with Crippen LogP contribution in [0.25, 0.3) is 0 Å². The van der Waals surface area contributed by atoms with Crippen molar-refractivity contribution < 1.29 is 19.0 Å². The molecule has 0 aliphatic heterocycles. The van der Waals surface area contributed by atoms with Crippen LogP contribution in [0.2, 0.25) is 0 Å². The van der Waals surface area contributed by atoms with Gasteiger partial charge in [0.1, 0.15) is 5.82 Å². The van der Waals surface area contributed by atoms with E-state index in [1.807, 2.05) is 0 Å². The van der Waals surface area contributed by atoms with E-state index in [1.165, 1.54) is 12.1 Å². The van der Waals surface area contributed by atoms with Crippen molar-refractivity contribution in [3.63, 3.8) is 0 Å². The first-order chi connectivity index (χ1) is 8.63. The molecule has 0 amide bonds. The fourth-order valence-electron chi connectivity index (χ4n) is 1.67. The molecular formula is C13H18FNO3. The van der Waals surface area contributed by atoms with Crippen LogP contribution in [0, 0.1) is 5.82 Å². The predicted octanol–water partition coefficient (Wildman–Crippen LogP) is 1.97. The summed E-state index contributed by atoms with van der Waals surface area (Å²) in [5.41, 5.74) is 0.774. The number of nitrogens with one attached hydrogen (secondary N) is 1. The molecule has 0 fully saturated rings. The molecule has 2 N–H and O–H groups in total. The molecule has 0 aliphatic carbocycles. The minimum Gasteiger partial charge on any atom is -0.481 e. The van der Waals surface area contributed by atoms with Crippen molar-refractivity contribution >= 4 is 5.97 Å². The third-order valence-corrected chi connectivity index (χ3v) is 2.57. The van der Waals surface area contributed by atoms with E-state index in [9.17, 15) is 9.18 Å². The van der Waals surface area contributed by atoms with E-state index in [0.29, 0.717) is 13.2 Å². The van der Waals surface area contributed by atoms with Crippen LogP contribution >= 0.6 is 0 Å². The topological polar surface area (TPSA) is 58.6 Å². The van der Waals surface area contributed by atoms with Gasteiger partial charge in [-0.25, -0.2) is 4.39 Å². The summed E-state index contributed by atoms with van der Waals surface area (Å²) in [4.78, 5) is 10.8. The van der Waals surface area contributed by atoms with Crippen LogP contribution in [0.5, 0.6) is 0 Å². The van der Waals surface area contributed by atoms with Gasteiger partial charge in [-0.2, -0.15) is 0 Å². The normalized spacial score (nSPS) is 12.3. The molecule has 0 heterocycles. The Labute approximate surface area is 106 Å². The average molecular weight is 255 g/mol. The molecule has 0 unspecified atom stereocenters. The Kier molecular flexibility index (Phi) is 6.32. The Hall–Kier alpha value is -1.46. The molecule has 1 rings (SSSR count). The highest BCUT2D eigenvalue weighted by molar-refractivity contribution is 5.67. The minimum atomic E-state index is -0.886. The number of methoxy groups -OCH3 is 1. The van der Waals surface area contributed by atoms with Crippen LogP contribution in [0.1, 0.15) is 24.4 Å². The Balaban J connectivity index is 2.59. The average Bonchev–Trinajstić information content (AvgIpc) is 2.34. The smallest absolute Gasteiger partial charge is 0.305 e. The van der Waals surface area contributed by atoms with E-state index in [-0.39, 0.29) is 18.3 Å². The van der Waals surface area contributed by atoms with E-state index < -0.39 is 5.97 Å². The fraction of sp³-hybridized carbons (Fsp3) is 0.462. The van der Waals surface area contributed by atoms with Gasteiger partial charge in [0.25, 0.3) is 0 Å². The zero-order chi connectivity index (χ0) is 13.4. The van der Waals surface area contributed by atoms with Crippen molar-refractivity contribution in [3.05, 3.63) is 35.6 Å². The Morgan fingerprint density at radius 3 is 2.67 bits per heavy atom. The molecule has 0 spiro atoms. The van der Waals surface area contributed by atoms with Gasteiger partial charge in [-0.05, 0) is 30.7 Å². The molecule has 1 aromatic rings. The monoisotopic (exact) mass is 255 g/mol. The number of rotatable bonds is 8. The van der Waals surface area contributed by atoms with Crippen molar-refractivity contribution in [2.75, 3.05) is 20.3 Å². The largest absolute Gasteiger partial charge is 0.481 e. The van der Waals surface area contributed by atoms with Crippen molar-refractivity contribution in [1.82, 2.24) is 5.32 Å². The molecule has 0 bridgehead atoms. The third kappa shape index (κ3) is 5.25. The molecule has 5 heteroatoms.